The fraction of sp³-hybridized carbons (Fsp3) is 0.500. The Morgan fingerprint density at radius 2 is 2.33 bits per heavy atom. The Hall–Kier alpha value is -0.580. The monoisotopic (exact) mass is 193 g/mol. The summed E-state index contributed by atoms with van der Waals surface area (Å²) >= 11 is 2.99. The fourth-order valence-electron chi connectivity index (χ4n) is 0.440. The molecule has 0 aliphatic carbocycles. The van der Waals surface area contributed by atoms with Crippen LogP contribution in [-0.4, -0.2) is 23.4 Å². The predicted octanol–water partition coefficient (Wildman–Crippen LogP) is 0.0163. The molecule has 2 amide bonds. The number of hydrogen-bond donors (Lipinski definition) is 1. The Kier molecular flexibility index (Phi) is 1.70. The SMILES string of the molecule is O=C1NC(=O)C(Br)CO1. The molecule has 1 aliphatic rings. The lowest BCUT2D eigenvalue weighted by atomic mass is 10.4. The zero-order valence-corrected chi connectivity index (χ0v) is 5.97. The molecule has 4 nitrogen and oxygen atoms in total. The molecule has 0 saturated carbocycles. The predicted molar refractivity (Wildman–Crippen MR) is 32.2 cm³/mol. The number of imide groups is 1. The van der Waals surface area contributed by atoms with Crippen LogP contribution < -0.4 is 5.32 Å². The van der Waals surface area contributed by atoms with Crippen molar-refractivity contribution in [3.63, 3.8) is 0 Å². The topological polar surface area (TPSA) is 55.4 Å². The van der Waals surface area contributed by atoms with E-state index in [-0.39, 0.29) is 12.5 Å². The first-order valence-electron chi connectivity index (χ1n) is 2.32. The van der Waals surface area contributed by atoms with Crippen molar-refractivity contribution in [1.29, 1.82) is 0 Å². The highest BCUT2D eigenvalue weighted by Gasteiger charge is 2.24. The molecule has 50 valence electrons. The van der Waals surface area contributed by atoms with Gasteiger partial charge in [0.1, 0.15) is 11.4 Å². The molecule has 1 N–H and O–H groups in total. The Morgan fingerprint density at radius 1 is 1.67 bits per heavy atom. The second-order valence-corrected chi connectivity index (χ2v) is 2.66. The maximum Gasteiger partial charge on any atom is 0.413 e. The van der Waals surface area contributed by atoms with Crippen molar-refractivity contribution >= 4 is 27.9 Å². The van der Waals surface area contributed by atoms with Crippen LogP contribution in [0.4, 0.5) is 4.79 Å². The lowest BCUT2D eigenvalue weighted by Crippen LogP contribution is -2.44. The quantitative estimate of drug-likeness (QED) is 0.553. The van der Waals surface area contributed by atoms with E-state index in [1.165, 1.54) is 0 Å². The summed E-state index contributed by atoms with van der Waals surface area (Å²) < 4.78 is 4.44. The molecule has 1 unspecified atom stereocenters. The highest BCUT2D eigenvalue weighted by Crippen LogP contribution is 2.04. The van der Waals surface area contributed by atoms with Crippen molar-refractivity contribution in [3.8, 4) is 0 Å². The number of amides is 2. The van der Waals surface area contributed by atoms with Crippen LogP contribution in [0.5, 0.6) is 0 Å². The number of nitrogens with one attached hydrogen (secondary N) is 1. The third-order valence-electron chi connectivity index (χ3n) is 0.871. The van der Waals surface area contributed by atoms with Crippen molar-refractivity contribution in [2.24, 2.45) is 0 Å². The minimum atomic E-state index is -0.671. The standard InChI is InChI=1S/C4H4BrNO3/c5-2-1-9-4(8)6-3(2)7/h2H,1H2,(H,6,7,8). The van der Waals surface area contributed by atoms with Gasteiger partial charge in [-0.05, 0) is 0 Å². The van der Waals surface area contributed by atoms with Gasteiger partial charge in [-0.25, -0.2) is 4.79 Å². The highest BCUT2D eigenvalue weighted by atomic mass is 79.9. The molecule has 1 aliphatic heterocycles. The second kappa shape index (κ2) is 2.34. The van der Waals surface area contributed by atoms with Crippen LogP contribution >= 0.6 is 15.9 Å². The maximum absolute atomic E-state index is 10.5. The average molecular weight is 194 g/mol. The molecular weight excluding hydrogens is 190 g/mol. The zero-order chi connectivity index (χ0) is 6.85. The van der Waals surface area contributed by atoms with Gasteiger partial charge in [0.05, 0.1) is 0 Å². The summed E-state index contributed by atoms with van der Waals surface area (Å²) in [5.41, 5.74) is 0. The number of halogens is 1. The van der Waals surface area contributed by atoms with E-state index in [2.05, 4.69) is 20.7 Å². The minimum Gasteiger partial charge on any atom is -0.448 e. The number of hydrogen-bond acceptors (Lipinski definition) is 3. The molecule has 0 spiro atoms. The van der Waals surface area contributed by atoms with E-state index >= 15 is 0 Å². The van der Waals surface area contributed by atoms with Gasteiger partial charge in [0, 0.05) is 0 Å². The number of alkyl carbamates (subject to hydrolysis) is 1. The number of ether oxygens (including phenoxy) is 1. The summed E-state index contributed by atoms with van der Waals surface area (Å²) in [4.78, 5) is 20.4. The molecule has 9 heavy (non-hydrogen) atoms. The first-order valence-corrected chi connectivity index (χ1v) is 3.23. The van der Waals surface area contributed by atoms with Crippen LogP contribution in [0.15, 0.2) is 0 Å². The molecular formula is C4H4BrNO3. The molecule has 1 fully saturated rings. The van der Waals surface area contributed by atoms with Gasteiger partial charge in [0.15, 0.2) is 0 Å². The van der Waals surface area contributed by atoms with Gasteiger partial charge in [-0.15, -0.1) is 0 Å². The maximum atomic E-state index is 10.5. The van der Waals surface area contributed by atoms with Crippen molar-refractivity contribution in [2.75, 3.05) is 6.61 Å². The van der Waals surface area contributed by atoms with E-state index in [1.807, 2.05) is 5.32 Å². The van der Waals surface area contributed by atoms with Crippen molar-refractivity contribution < 1.29 is 14.3 Å². The van der Waals surface area contributed by atoms with Crippen molar-refractivity contribution in [1.82, 2.24) is 5.32 Å². The van der Waals surface area contributed by atoms with Crippen molar-refractivity contribution in [2.45, 2.75) is 4.83 Å². The average Bonchev–Trinajstić information content (AvgIpc) is 1.80. The number of carbonyl (C=O) groups is 2. The van der Waals surface area contributed by atoms with E-state index in [9.17, 15) is 9.59 Å². The van der Waals surface area contributed by atoms with Crippen LogP contribution in [0.3, 0.4) is 0 Å². The molecule has 0 bridgehead atoms. The van der Waals surface area contributed by atoms with Gasteiger partial charge in [-0.3, -0.25) is 10.1 Å². The van der Waals surface area contributed by atoms with Gasteiger partial charge >= 0.3 is 6.09 Å². The van der Waals surface area contributed by atoms with Crippen LogP contribution in [-0.2, 0) is 9.53 Å². The number of cyclic esters (lactones) is 1. The summed E-state index contributed by atoms with van der Waals surface area (Å²) in [7, 11) is 0. The normalized spacial score (nSPS) is 27.0. The van der Waals surface area contributed by atoms with Gasteiger partial charge in [0.2, 0.25) is 5.91 Å². The van der Waals surface area contributed by atoms with E-state index in [1.54, 1.807) is 0 Å². The Labute approximate surface area is 59.7 Å². The minimum absolute atomic E-state index is 0.116. The number of alkyl halides is 1. The van der Waals surface area contributed by atoms with Crippen LogP contribution in [0.1, 0.15) is 0 Å². The third-order valence-corrected chi connectivity index (χ3v) is 1.55. The van der Waals surface area contributed by atoms with Gasteiger partial charge in [-0.1, -0.05) is 15.9 Å². The third kappa shape index (κ3) is 1.41. The van der Waals surface area contributed by atoms with E-state index in [0.717, 1.165) is 0 Å². The van der Waals surface area contributed by atoms with E-state index in [0.29, 0.717) is 0 Å². The molecule has 0 aromatic rings. The highest BCUT2D eigenvalue weighted by molar-refractivity contribution is 9.10. The second-order valence-electron chi connectivity index (χ2n) is 1.56. The lowest BCUT2D eigenvalue weighted by Gasteiger charge is -2.15. The number of carbonyl (C=O) groups excluding carboxylic acids is 2. The van der Waals surface area contributed by atoms with Crippen LogP contribution in [0, 0.1) is 0 Å². The summed E-state index contributed by atoms with van der Waals surface area (Å²) in [5, 5.41) is 1.98. The van der Waals surface area contributed by atoms with E-state index < -0.39 is 10.9 Å². The molecule has 0 aromatic heterocycles. The van der Waals surface area contributed by atoms with Crippen LogP contribution in [0.2, 0.25) is 0 Å². The molecule has 1 atom stereocenters. The van der Waals surface area contributed by atoms with E-state index in [4.69, 9.17) is 0 Å². The molecule has 0 aromatic carbocycles. The van der Waals surface area contributed by atoms with Gasteiger partial charge < -0.3 is 4.74 Å². The molecule has 1 saturated heterocycles. The first kappa shape index (κ1) is 6.54. The van der Waals surface area contributed by atoms with Crippen LogP contribution in [0.25, 0.3) is 0 Å². The summed E-state index contributed by atoms with van der Waals surface area (Å²) in [6.07, 6.45) is -0.671. The molecule has 1 heterocycles. The van der Waals surface area contributed by atoms with Gasteiger partial charge in [0.25, 0.3) is 0 Å². The summed E-state index contributed by atoms with van der Waals surface area (Å²) in [6.45, 7) is 0.116. The lowest BCUT2D eigenvalue weighted by molar-refractivity contribution is -0.122. The molecule has 5 heteroatoms. The number of rotatable bonds is 0. The van der Waals surface area contributed by atoms with Crippen molar-refractivity contribution in [3.05, 3.63) is 0 Å². The Morgan fingerprint density at radius 3 is 2.78 bits per heavy atom. The summed E-state index contributed by atoms with van der Waals surface area (Å²) in [6, 6.07) is 0. The zero-order valence-electron chi connectivity index (χ0n) is 4.39. The molecule has 1 rings (SSSR count). The Bertz CT molecular complexity index is 158. The smallest absolute Gasteiger partial charge is 0.413 e. The fourth-order valence-corrected chi connectivity index (χ4v) is 0.686. The first-order chi connectivity index (χ1) is 4.20. The Balaban J connectivity index is 2.54. The molecule has 0 radical (unpaired) electrons. The largest absolute Gasteiger partial charge is 0.448 e. The van der Waals surface area contributed by atoms with Gasteiger partial charge in [-0.2, -0.15) is 0 Å². The summed E-state index contributed by atoms with van der Waals surface area (Å²) in [5.74, 6) is -0.341.